The van der Waals surface area contributed by atoms with Crippen molar-refractivity contribution in [1.29, 1.82) is 0 Å². The van der Waals surface area contributed by atoms with Crippen LogP contribution in [0.4, 0.5) is 13.2 Å². The third-order valence-corrected chi connectivity index (χ3v) is 3.26. The highest BCUT2D eigenvalue weighted by Crippen LogP contribution is 2.17. The molecule has 0 aliphatic heterocycles. The van der Waals surface area contributed by atoms with Crippen LogP contribution in [-0.4, -0.2) is 55.0 Å². The molecule has 0 rings (SSSR count). The minimum absolute atomic E-state index is 0.0313. The molecule has 0 radical (unpaired) electrons. The molecule has 110 valence electrons. The molecule has 0 aromatic heterocycles. The predicted octanol–water partition coefficient (Wildman–Crippen LogP) is 2.01. The van der Waals surface area contributed by atoms with Gasteiger partial charge in [-0.2, -0.15) is 13.2 Å². The van der Waals surface area contributed by atoms with Crippen LogP contribution < -0.4 is 5.32 Å². The Morgan fingerprint density at radius 2 is 1.83 bits per heavy atom. The molecule has 0 bridgehead atoms. The fourth-order valence-corrected chi connectivity index (χ4v) is 1.74. The second-order valence-corrected chi connectivity index (χ2v) is 4.91. The van der Waals surface area contributed by atoms with Gasteiger partial charge in [-0.1, -0.05) is 13.3 Å². The van der Waals surface area contributed by atoms with Gasteiger partial charge in [0.2, 0.25) is 0 Å². The molecule has 18 heavy (non-hydrogen) atoms. The number of nitrogens with zero attached hydrogens (tertiary/aromatic N) is 1. The molecule has 0 aromatic carbocycles. The maximum absolute atomic E-state index is 12.2. The van der Waals surface area contributed by atoms with E-state index in [1.165, 1.54) is 4.90 Å². The molecule has 0 aliphatic carbocycles. The first kappa shape index (κ1) is 17.7. The molecule has 2 N–H and O–H groups in total. The number of halogens is 3. The molecular formula is C12H25F3N2O. The SMILES string of the molecule is CCN(CCCCC(C)(CO)NC)CC(F)(F)F. The quantitative estimate of drug-likeness (QED) is 0.629. The van der Waals surface area contributed by atoms with Gasteiger partial charge in [0.05, 0.1) is 13.2 Å². The van der Waals surface area contributed by atoms with Gasteiger partial charge in [-0.3, -0.25) is 4.90 Å². The van der Waals surface area contributed by atoms with E-state index in [0.717, 1.165) is 12.8 Å². The average Bonchev–Trinajstić information content (AvgIpc) is 2.31. The molecule has 0 spiro atoms. The molecule has 0 aromatic rings. The average molecular weight is 270 g/mol. The van der Waals surface area contributed by atoms with E-state index in [-0.39, 0.29) is 12.1 Å². The molecule has 1 atom stereocenters. The van der Waals surface area contributed by atoms with Gasteiger partial charge >= 0.3 is 6.18 Å². The van der Waals surface area contributed by atoms with Crippen molar-refractivity contribution >= 4 is 0 Å². The van der Waals surface area contributed by atoms with Crippen LogP contribution in [0.1, 0.15) is 33.1 Å². The minimum atomic E-state index is -4.12. The van der Waals surface area contributed by atoms with Gasteiger partial charge in [0, 0.05) is 5.54 Å². The van der Waals surface area contributed by atoms with Crippen LogP contribution in [0.15, 0.2) is 0 Å². The largest absolute Gasteiger partial charge is 0.401 e. The Morgan fingerprint density at radius 1 is 1.22 bits per heavy atom. The van der Waals surface area contributed by atoms with Crippen molar-refractivity contribution in [3.63, 3.8) is 0 Å². The predicted molar refractivity (Wildman–Crippen MR) is 66.6 cm³/mol. The first-order valence-corrected chi connectivity index (χ1v) is 6.35. The lowest BCUT2D eigenvalue weighted by Gasteiger charge is -2.27. The van der Waals surface area contributed by atoms with Crippen molar-refractivity contribution in [2.45, 2.75) is 44.8 Å². The lowest BCUT2D eigenvalue weighted by atomic mass is 9.96. The second kappa shape index (κ2) is 7.96. The molecule has 0 fully saturated rings. The number of aliphatic hydroxyl groups excluding tert-OH is 1. The Morgan fingerprint density at radius 3 is 2.22 bits per heavy atom. The van der Waals surface area contributed by atoms with Crippen LogP contribution in [-0.2, 0) is 0 Å². The van der Waals surface area contributed by atoms with Gasteiger partial charge in [0.25, 0.3) is 0 Å². The molecule has 0 amide bonds. The first-order valence-electron chi connectivity index (χ1n) is 6.35. The normalized spacial score (nSPS) is 16.0. The summed E-state index contributed by atoms with van der Waals surface area (Å²) < 4.78 is 36.6. The molecule has 1 unspecified atom stereocenters. The number of rotatable bonds is 9. The van der Waals surface area contributed by atoms with Crippen molar-refractivity contribution in [2.75, 3.05) is 33.3 Å². The van der Waals surface area contributed by atoms with Crippen molar-refractivity contribution in [1.82, 2.24) is 10.2 Å². The number of alkyl halides is 3. The third kappa shape index (κ3) is 7.89. The summed E-state index contributed by atoms with van der Waals surface area (Å²) in [5.74, 6) is 0. The van der Waals surface area contributed by atoms with Crippen LogP contribution in [0, 0.1) is 0 Å². The third-order valence-electron chi connectivity index (χ3n) is 3.26. The van der Waals surface area contributed by atoms with Crippen LogP contribution in [0.25, 0.3) is 0 Å². The standard InChI is InChI=1S/C12H25F3N2O/c1-4-17(9-12(13,14)15)8-6-5-7-11(2,10-18)16-3/h16,18H,4-10H2,1-3H3. The summed E-state index contributed by atoms with van der Waals surface area (Å²) in [6.07, 6.45) is -1.86. The Bertz CT molecular complexity index is 218. The topological polar surface area (TPSA) is 35.5 Å². The van der Waals surface area contributed by atoms with E-state index in [4.69, 9.17) is 0 Å². The fraction of sp³-hybridized carbons (Fsp3) is 1.00. The summed E-state index contributed by atoms with van der Waals surface area (Å²) in [7, 11) is 1.78. The van der Waals surface area contributed by atoms with Gasteiger partial charge in [-0.05, 0) is 39.9 Å². The summed E-state index contributed by atoms with van der Waals surface area (Å²) >= 11 is 0. The molecule has 0 saturated heterocycles. The van der Waals surface area contributed by atoms with E-state index in [2.05, 4.69) is 5.32 Å². The number of hydrogen-bond donors (Lipinski definition) is 2. The molecular weight excluding hydrogens is 245 g/mol. The van der Waals surface area contributed by atoms with E-state index >= 15 is 0 Å². The van der Waals surface area contributed by atoms with Gasteiger partial charge in [0.1, 0.15) is 0 Å². The number of unbranched alkanes of at least 4 members (excludes halogenated alkanes) is 1. The Labute approximate surface area is 107 Å². The summed E-state index contributed by atoms with van der Waals surface area (Å²) in [6, 6.07) is 0. The highest BCUT2D eigenvalue weighted by Gasteiger charge is 2.29. The summed E-state index contributed by atoms with van der Waals surface area (Å²) in [5, 5.41) is 12.2. The molecule has 3 nitrogen and oxygen atoms in total. The lowest BCUT2D eigenvalue weighted by molar-refractivity contribution is -0.145. The number of hydrogen-bond acceptors (Lipinski definition) is 3. The Kier molecular flexibility index (Phi) is 7.82. The second-order valence-electron chi connectivity index (χ2n) is 4.91. The lowest BCUT2D eigenvalue weighted by Crippen LogP contribution is -2.43. The van der Waals surface area contributed by atoms with E-state index in [0.29, 0.717) is 19.5 Å². The summed E-state index contributed by atoms with van der Waals surface area (Å²) in [5.41, 5.74) is -0.332. The van der Waals surface area contributed by atoms with Crippen LogP contribution in [0.5, 0.6) is 0 Å². The highest BCUT2D eigenvalue weighted by atomic mass is 19.4. The summed E-state index contributed by atoms with van der Waals surface area (Å²) in [4.78, 5) is 1.40. The van der Waals surface area contributed by atoms with Gasteiger partial charge in [0.15, 0.2) is 0 Å². The van der Waals surface area contributed by atoms with E-state index in [1.54, 1.807) is 14.0 Å². The van der Waals surface area contributed by atoms with Gasteiger partial charge in [-0.25, -0.2) is 0 Å². The van der Waals surface area contributed by atoms with Crippen molar-refractivity contribution in [2.24, 2.45) is 0 Å². The smallest absolute Gasteiger partial charge is 0.394 e. The maximum atomic E-state index is 12.2. The van der Waals surface area contributed by atoms with E-state index in [1.807, 2.05) is 6.92 Å². The van der Waals surface area contributed by atoms with Crippen LogP contribution >= 0.6 is 0 Å². The van der Waals surface area contributed by atoms with Crippen molar-refractivity contribution < 1.29 is 18.3 Å². The molecule has 0 saturated carbocycles. The summed E-state index contributed by atoms with van der Waals surface area (Å²) in [6.45, 7) is 3.68. The zero-order valence-electron chi connectivity index (χ0n) is 11.5. The number of likely N-dealkylation sites (N-methyl/N-ethyl adjacent to an activating group) is 1. The molecule has 6 heteroatoms. The number of aliphatic hydroxyl groups is 1. The molecule has 0 aliphatic rings. The highest BCUT2D eigenvalue weighted by molar-refractivity contribution is 4.80. The molecule has 0 heterocycles. The Balaban J connectivity index is 3.88. The fourth-order valence-electron chi connectivity index (χ4n) is 1.74. The van der Waals surface area contributed by atoms with Gasteiger partial charge < -0.3 is 10.4 Å². The minimum Gasteiger partial charge on any atom is -0.394 e. The van der Waals surface area contributed by atoms with Crippen LogP contribution in [0.3, 0.4) is 0 Å². The number of nitrogens with one attached hydrogen (secondary N) is 1. The Hall–Kier alpha value is -0.330. The monoisotopic (exact) mass is 270 g/mol. The van der Waals surface area contributed by atoms with Crippen molar-refractivity contribution in [3.8, 4) is 0 Å². The zero-order chi connectivity index (χ0) is 14.2. The maximum Gasteiger partial charge on any atom is 0.401 e. The van der Waals surface area contributed by atoms with E-state index in [9.17, 15) is 18.3 Å². The van der Waals surface area contributed by atoms with E-state index < -0.39 is 12.7 Å². The van der Waals surface area contributed by atoms with Crippen LogP contribution in [0.2, 0.25) is 0 Å². The zero-order valence-corrected chi connectivity index (χ0v) is 11.5. The van der Waals surface area contributed by atoms with Gasteiger partial charge in [-0.15, -0.1) is 0 Å². The first-order chi connectivity index (χ1) is 8.26. The van der Waals surface area contributed by atoms with Crippen molar-refractivity contribution in [3.05, 3.63) is 0 Å².